The second-order valence-electron chi connectivity index (χ2n) is 6.46. The number of nitrogens with zero attached hydrogens (tertiary/aromatic N) is 1. The molecular formula is C20H20Cl2F3N3O2. The Morgan fingerprint density at radius 3 is 2.17 bits per heavy atom. The highest BCUT2D eigenvalue weighted by Crippen LogP contribution is 2.35. The van der Waals surface area contributed by atoms with Crippen LogP contribution in [0.25, 0.3) is 0 Å². The van der Waals surface area contributed by atoms with Gasteiger partial charge in [-0.2, -0.15) is 13.2 Å². The van der Waals surface area contributed by atoms with Crippen molar-refractivity contribution >= 4 is 46.5 Å². The topological polar surface area (TPSA) is 61.4 Å². The predicted octanol–water partition coefficient (Wildman–Crippen LogP) is 6.33. The van der Waals surface area contributed by atoms with E-state index in [4.69, 9.17) is 23.2 Å². The van der Waals surface area contributed by atoms with Crippen LogP contribution in [-0.4, -0.2) is 29.6 Å². The van der Waals surface area contributed by atoms with Crippen LogP contribution in [0.2, 0.25) is 10.0 Å². The van der Waals surface area contributed by atoms with Gasteiger partial charge in [0, 0.05) is 18.8 Å². The van der Waals surface area contributed by atoms with Gasteiger partial charge in [-0.05, 0) is 24.1 Å². The zero-order chi connectivity index (χ0) is 22.3. The van der Waals surface area contributed by atoms with Crippen molar-refractivity contribution in [2.45, 2.75) is 32.5 Å². The molecule has 0 saturated heterocycles. The monoisotopic (exact) mass is 461 g/mol. The van der Waals surface area contributed by atoms with E-state index in [1.165, 1.54) is 12.1 Å². The van der Waals surface area contributed by atoms with Crippen LogP contribution in [0.5, 0.6) is 0 Å². The van der Waals surface area contributed by atoms with Gasteiger partial charge in [-0.1, -0.05) is 66.9 Å². The summed E-state index contributed by atoms with van der Waals surface area (Å²) in [5.41, 5.74) is 0.755. The second-order valence-corrected chi connectivity index (χ2v) is 7.27. The first-order valence-electron chi connectivity index (χ1n) is 9.09. The van der Waals surface area contributed by atoms with Gasteiger partial charge in [0.05, 0.1) is 15.7 Å². The summed E-state index contributed by atoms with van der Waals surface area (Å²) in [4.78, 5) is 25.5. The Labute approximate surface area is 182 Å². The van der Waals surface area contributed by atoms with Crippen LogP contribution in [0, 0.1) is 0 Å². The fourth-order valence-corrected chi connectivity index (χ4v) is 3.14. The average molecular weight is 462 g/mol. The molecule has 10 heteroatoms. The molecule has 0 unspecified atom stereocenters. The number of amides is 3. The maximum atomic E-state index is 12.7. The van der Waals surface area contributed by atoms with Crippen LogP contribution in [-0.2, 0) is 11.3 Å². The third-order valence-corrected chi connectivity index (χ3v) is 4.67. The van der Waals surface area contributed by atoms with E-state index >= 15 is 0 Å². The molecular weight excluding hydrogens is 442 g/mol. The van der Waals surface area contributed by atoms with E-state index in [0.29, 0.717) is 13.1 Å². The van der Waals surface area contributed by atoms with E-state index in [1.54, 1.807) is 10.2 Å². The largest absolute Gasteiger partial charge is 0.471 e. The Kier molecular flexibility index (Phi) is 8.37. The summed E-state index contributed by atoms with van der Waals surface area (Å²) >= 11 is 11.9. The minimum atomic E-state index is -5.09. The van der Waals surface area contributed by atoms with Crippen molar-refractivity contribution in [3.05, 3.63) is 58.1 Å². The number of carbonyl (C=O) groups is 2. The number of hydrogen-bond acceptors (Lipinski definition) is 2. The number of unbranched alkanes of at least 4 members (excludes halogenated alkanes) is 1. The molecule has 5 nitrogen and oxygen atoms in total. The summed E-state index contributed by atoms with van der Waals surface area (Å²) in [6.07, 6.45) is -3.40. The number of rotatable bonds is 7. The van der Waals surface area contributed by atoms with Crippen molar-refractivity contribution in [1.29, 1.82) is 0 Å². The predicted molar refractivity (Wildman–Crippen MR) is 112 cm³/mol. The maximum Gasteiger partial charge on any atom is 0.471 e. The average Bonchev–Trinajstić information content (AvgIpc) is 2.67. The fraction of sp³-hybridized carbons (Fsp3) is 0.300. The summed E-state index contributed by atoms with van der Waals surface area (Å²) in [5, 5.41) is 3.80. The second kappa shape index (κ2) is 10.5. The van der Waals surface area contributed by atoms with E-state index in [9.17, 15) is 22.8 Å². The van der Waals surface area contributed by atoms with Gasteiger partial charge in [0.25, 0.3) is 0 Å². The summed E-state index contributed by atoms with van der Waals surface area (Å²) < 4.78 is 37.4. The quantitative estimate of drug-likeness (QED) is 0.505. The van der Waals surface area contributed by atoms with Crippen LogP contribution in [0.4, 0.5) is 29.3 Å². The lowest BCUT2D eigenvalue weighted by atomic mass is 10.2. The van der Waals surface area contributed by atoms with Gasteiger partial charge in [-0.25, -0.2) is 4.79 Å². The molecule has 30 heavy (non-hydrogen) atoms. The number of hydrogen-bond donors (Lipinski definition) is 2. The molecule has 0 aliphatic rings. The Morgan fingerprint density at radius 1 is 1.03 bits per heavy atom. The third-order valence-electron chi connectivity index (χ3n) is 4.07. The van der Waals surface area contributed by atoms with Crippen LogP contribution in [0.3, 0.4) is 0 Å². The molecule has 0 aliphatic heterocycles. The molecule has 0 aromatic heterocycles. The first-order valence-corrected chi connectivity index (χ1v) is 9.84. The van der Waals surface area contributed by atoms with E-state index in [1.807, 2.05) is 37.3 Å². The zero-order valence-electron chi connectivity index (χ0n) is 16.0. The number of halogens is 5. The van der Waals surface area contributed by atoms with E-state index in [0.717, 1.165) is 18.4 Å². The molecule has 0 fully saturated rings. The van der Waals surface area contributed by atoms with Gasteiger partial charge in [-0.15, -0.1) is 0 Å². The van der Waals surface area contributed by atoms with E-state index < -0.39 is 18.1 Å². The normalized spacial score (nSPS) is 11.1. The van der Waals surface area contributed by atoms with Gasteiger partial charge >= 0.3 is 18.1 Å². The smallest absolute Gasteiger partial charge is 0.320 e. The van der Waals surface area contributed by atoms with Crippen LogP contribution in [0.15, 0.2) is 42.5 Å². The van der Waals surface area contributed by atoms with Crippen LogP contribution >= 0.6 is 23.2 Å². The van der Waals surface area contributed by atoms with Crippen LogP contribution in [0.1, 0.15) is 25.3 Å². The van der Waals surface area contributed by atoms with Crippen molar-refractivity contribution in [2.24, 2.45) is 0 Å². The minimum Gasteiger partial charge on any atom is -0.320 e. The van der Waals surface area contributed by atoms with Gasteiger partial charge < -0.3 is 15.5 Å². The molecule has 2 aromatic rings. The highest BCUT2D eigenvalue weighted by Gasteiger charge is 2.39. The molecule has 3 amide bonds. The molecule has 0 radical (unpaired) electrons. The molecule has 0 bridgehead atoms. The molecule has 2 rings (SSSR count). The highest BCUT2D eigenvalue weighted by atomic mass is 35.5. The Hall–Kier alpha value is -2.45. The lowest BCUT2D eigenvalue weighted by Gasteiger charge is -2.23. The van der Waals surface area contributed by atoms with Crippen molar-refractivity contribution in [1.82, 2.24) is 4.90 Å². The molecule has 0 aliphatic carbocycles. The first-order chi connectivity index (χ1) is 14.1. The molecule has 0 spiro atoms. The lowest BCUT2D eigenvalue weighted by Crippen LogP contribution is -2.35. The van der Waals surface area contributed by atoms with Crippen molar-refractivity contribution in [3.8, 4) is 0 Å². The van der Waals surface area contributed by atoms with Gasteiger partial charge in [0.2, 0.25) is 0 Å². The van der Waals surface area contributed by atoms with Crippen molar-refractivity contribution in [3.63, 3.8) is 0 Å². The number of urea groups is 1. The van der Waals surface area contributed by atoms with Crippen molar-refractivity contribution < 1.29 is 22.8 Å². The molecule has 0 atom stereocenters. The van der Waals surface area contributed by atoms with E-state index in [2.05, 4.69) is 5.32 Å². The number of carbonyl (C=O) groups excluding carboxylic acids is 2. The maximum absolute atomic E-state index is 12.7. The SMILES string of the molecule is CCCCN(Cc1ccccc1)C(=O)Nc1cc(Cl)c(NC(=O)C(F)(F)F)c(Cl)c1. The number of benzene rings is 2. The summed E-state index contributed by atoms with van der Waals surface area (Å²) in [6.45, 7) is 2.90. The molecule has 2 N–H and O–H groups in total. The Bertz CT molecular complexity index is 870. The van der Waals surface area contributed by atoms with Crippen molar-refractivity contribution in [2.75, 3.05) is 17.2 Å². The number of alkyl halides is 3. The third kappa shape index (κ3) is 6.81. The van der Waals surface area contributed by atoms with Crippen LogP contribution < -0.4 is 10.6 Å². The van der Waals surface area contributed by atoms with Gasteiger partial charge in [0.1, 0.15) is 0 Å². The fourth-order valence-electron chi connectivity index (χ4n) is 2.56. The molecule has 162 valence electrons. The van der Waals surface area contributed by atoms with E-state index in [-0.39, 0.29) is 21.4 Å². The van der Waals surface area contributed by atoms with Gasteiger partial charge in [-0.3, -0.25) is 4.79 Å². The molecule has 0 saturated carbocycles. The standard InChI is InChI=1S/C20H20Cl2F3N3O2/c1-2-3-9-28(12-13-7-5-4-6-8-13)19(30)26-14-10-15(21)17(16(22)11-14)27-18(29)20(23,24)25/h4-8,10-11H,2-3,9,12H2,1H3,(H,26,30)(H,27,29). The molecule has 2 aromatic carbocycles. The minimum absolute atomic E-state index is 0.189. The lowest BCUT2D eigenvalue weighted by molar-refractivity contribution is -0.167. The highest BCUT2D eigenvalue weighted by molar-refractivity contribution is 6.40. The van der Waals surface area contributed by atoms with Gasteiger partial charge in [0.15, 0.2) is 0 Å². The Morgan fingerprint density at radius 2 is 1.63 bits per heavy atom. The molecule has 0 heterocycles. The summed E-state index contributed by atoms with van der Waals surface area (Å²) in [6, 6.07) is 11.5. The zero-order valence-corrected chi connectivity index (χ0v) is 17.5. The Balaban J connectivity index is 2.16. The number of anilines is 2. The summed E-state index contributed by atoms with van der Waals surface area (Å²) in [5.74, 6) is -2.20. The first kappa shape index (κ1) is 23.8. The number of nitrogens with one attached hydrogen (secondary N) is 2. The summed E-state index contributed by atoms with van der Waals surface area (Å²) in [7, 11) is 0.